The van der Waals surface area contributed by atoms with Crippen LogP contribution >= 0.6 is 0 Å². The number of fused-ring (bicyclic) bond motifs is 1. The Balaban J connectivity index is 2.60. The molecule has 0 aromatic heterocycles. The predicted octanol–water partition coefficient (Wildman–Crippen LogP) is 3.84. The maximum atomic E-state index is 13.2. The number of benzene rings is 1. The van der Waals surface area contributed by atoms with Gasteiger partial charge in [-0.1, -0.05) is 5.92 Å². The van der Waals surface area contributed by atoms with E-state index in [0.717, 1.165) is 12.1 Å². The monoisotopic (exact) mass is 380 g/mol. The molecule has 0 saturated carbocycles. The second-order valence-electron chi connectivity index (χ2n) is 4.94. The van der Waals surface area contributed by atoms with Gasteiger partial charge in [-0.2, -0.15) is 13.2 Å². The maximum Gasteiger partial charge on any atom is 0.573 e. The van der Waals surface area contributed by atoms with E-state index in [4.69, 9.17) is 11.2 Å². The number of rotatable bonds is 3. The normalized spacial score (nSPS) is 16.7. The summed E-state index contributed by atoms with van der Waals surface area (Å²) in [6, 6.07) is 1.47. The molecule has 0 radical (unpaired) electrons. The van der Waals surface area contributed by atoms with Crippen molar-refractivity contribution < 1.29 is 45.3 Å². The van der Waals surface area contributed by atoms with Crippen LogP contribution in [0.2, 0.25) is 0 Å². The van der Waals surface area contributed by atoms with E-state index in [-0.39, 0.29) is 12.2 Å². The first-order valence-electron chi connectivity index (χ1n) is 6.98. The summed E-state index contributed by atoms with van der Waals surface area (Å²) in [7, 11) is 0. The van der Waals surface area contributed by atoms with Crippen molar-refractivity contribution in [3.63, 3.8) is 0 Å². The number of alkyl halides is 6. The van der Waals surface area contributed by atoms with Gasteiger partial charge >= 0.3 is 18.5 Å². The Morgan fingerprint density at radius 2 is 1.92 bits per heavy atom. The summed E-state index contributed by atoms with van der Waals surface area (Å²) in [6.45, 7) is 1.17. The first kappa shape index (κ1) is 19.5. The van der Waals surface area contributed by atoms with Gasteiger partial charge in [0.05, 0.1) is 17.7 Å². The lowest BCUT2D eigenvalue weighted by Gasteiger charge is -2.28. The highest BCUT2D eigenvalue weighted by Crippen LogP contribution is 2.41. The lowest BCUT2D eigenvalue weighted by atomic mass is 9.98. The van der Waals surface area contributed by atoms with Gasteiger partial charge < -0.3 is 14.2 Å². The maximum absolute atomic E-state index is 13.2. The minimum atomic E-state index is -5.04. The van der Waals surface area contributed by atoms with Crippen molar-refractivity contribution in [2.24, 2.45) is 0 Å². The van der Waals surface area contributed by atoms with Crippen LogP contribution in [0.4, 0.5) is 26.3 Å². The first-order valence-corrected chi connectivity index (χ1v) is 6.98. The number of terminal acetylenes is 1. The van der Waals surface area contributed by atoms with E-state index < -0.39 is 47.2 Å². The van der Waals surface area contributed by atoms with Crippen molar-refractivity contribution in [3.8, 4) is 23.8 Å². The molecule has 0 N–H and O–H groups in total. The van der Waals surface area contributed by atoms with E-state index >= 15 is 0 Å². The van der Waals surface area contributed by atoms with E-state index in [1.807, 2.05) is 5.92 Å². The molecule has 0 amide bonds. The zero-order valence-electron chi connectivity index (χ0n) is 13.0. The van der Waals surface area contributed by atoms with Crippen LogP contribution in [0, 0.1) is 12.3 Å². The van der Waals surface area contributed by atoms with Gasteiger partial charge in [0.1, 0.15) is 11.5 Å². The van der Waals surface area contributed by atoms with E-state index in [2.05, 4.69) is 9.47 Å². The number of esters is 1. The summed E-state index contributed by atoms with van der Waals surface area (Å²) in [5.41, 5.74) is -1.59. The third kappa shape index (κ3) is 4.22. The van der Waals surface area contributed by atoms with Crippen molar-refractivity contribution in [2.75, 3.05) is 6.61 Å². The van der Waals surface area contributed by atoms with Crippen LogP contribution in [-0.2, 0) is 9.53 Å². The van der Waals surface area contributed by atoms with Gasteiger partial charge in [0.2, 0.25) is 6.10 Å². The molecular formula is C16H10F6O4. The molecule has 2 rings (SSSR count). The average molecular weight is 380 g/mol. The Hall–Kier alpha value is -2.83. The van der Waals surface area contributed by atoms with Crippen LogP contribution in [0.1, 0.15) is 18.1 Å². The molecule has 0 fully saturated rings. The van der Waals surface area contributed by atoms with E-state index in [1.54, 1.807) is 0 Å². The molecule has 4 nitrogen and oxygen atoms in total. The SMILES string of the molecule is C#Cc1cc(OC(F)(F)F)cc2c1OC(C(F)(F)F)C(C(=O)OCC)=C2. The highest BCUT2D eigenvalue weighted by molar-refractivity contribution is 5.96. The molecule has 1 aliphatic rings. The van der Waals surface area contributed by atoms with Crippen LogP contribution in [0.25, 0.3) is 6.08 Å². The largest absolute Gasteiger partial charge is 0.573 e. The van der Waals surface area contributed by atoms with Gasteiger partial charge in [-0.25, -0.2) is 4.79 Å². The topological polar surface area (TPSA) is 44.8 Å². The fraction of sp³-hybridized carbons (Fsp3) is 0.312. The van der Waals surface area contributed by atoms with Crippen molar-refractivity contribution in [1.82, 2.24) is 0 Å². The molecule has 0 aliphatic carbocycles. The van der Waals surface area contributed by atoms with E-state index in [1.165, 1.54) is 6.92 Å². The molecule has 0 saturated heterocycles. The van der Waals surface area contributed by atoms with Crippen molar-refractivity contribution in [2.45, 2.75) is 25.6 Å². The summed E-state index contributed by atoms with van der Waals surface area (Å²) in [4.78, 5) is 11.8. The van der Waals surface area contributed by atoms with Gasteiger partial charge in [0, 0.05) is 5.56 Å². The third-order valence-electron chi connectivity index (χ3n) is 3.12. The van der Waals surface area contributed by atoms with Crippen LogP contribution in [0.15, 0.2) is 17.7 Å². The molecule has 1 atom stereocenters. The zero-order valence-corrected chi connectivity index (χ0v) is 13.0. The Kier molecular flexibility index (Phi) is 5.11. The lowest BCUT2D eigenvalue weighted by Crippen LogP contribution is -2.41. The molecule has 0 bridgehead atoms. The minimum Gasteiger partial charge on any atom is -0.474 e. The van der Waals surface area contributed by atoms with Gasteiger partial charge in [0.25, 0.3) is 0 Å². The van der Waals surface area contributed by atoms with Crippen molar-refractivity contribution >= 4 is 12.0 Å². The highest BCUT2D eigenvalue weighted by atomic mass is 19.4. The first-order chi connectivity index (χ1) is 12.0. The number of carbonyl (C=O) groups excluding carboxylic acids is 1. The molecule has 1 heterocycles. The molecule has 1 aromatic rings. The molecule has 26 heavy (non-hydrogen) atoms. The number of hydrogen-bond acceptors (Lipinski definition) is 4. The Morgan fingerprint density at radius 1 is 1.27 bits per heavy atom. The third-order valence-corrected chi connectivity index (χ3v) is 3.12. The van der Waals surface area contributed by atoms with Crippen LogP contribution < -0.4 is 9.47 Å². The summed E-state index contributed by atoms with van der Waals surface area (Å²) >= 11 is 0. The second-order valence-corrected chi connectivity index (χ2v) is 4.94. The van der Waals surface area contributed by atoms with Crippen molar-refractivity contribution in [3.05, 3.63) is 28.8 Å². The molecule has 1 aliphatic heterocycles. The highest BCUT2D eigenvalue weighted by Gasteiger charge is 2.49. The minimum absolute atomic E-state index is 0.208. The molecule has 10 heteroatoms. The smallest absolute Gasteiger partial charge is 0.474 e. The average Bonchev–Trinajstić information content (AvgIpc) is 2.50. The van der Waals surface area contributed by atoms with Gasteiger partial charge in [-0.3, -0.25) is 0 Å². The Bertz CT molecular complexity index is 786. The standard InChI is InChI=1S/C16H10F6O4/c1-3-8-5-10(26-16(20,21)22)6-9-7-11(14(23)24-4-2)13(15(17,18)19)25-12(8)9/h1,5-7,13H,4H2,2H3. The summed E-state index contributed by atoms with van der Waals surface area (Å²) in [6.07, 6.45) is -6.83. The van der Waals surface area contributed by atoms with Crippen LogP contribution in [0.3, 0.4) is 0 Å². The zero-order chi connectivity index (χ0) is 19.7. The predicted molar refractivity (Wildman–Crippen MR) is 76.1 cm³/mol. The molecule has 1 unspecified atom stereocenters. The van der Waals surface area contributed by atoms with E-state index in [9.17, 15) is 31.1 Å². The van der Waals surface area contributed by atoms with E-state index in [0.29, 0.717) is 6.07 Å². The number of hydrogen-bond donors (Lipinski definition) is 0. The Morgan fingerprint density at radius 3 is 2.42 bits per heavy atom. The fourth-order valence-electron chi connectivity index (χ4n) is 2.21. The second kappa shape index (κ2) is 6.82. The summed E-state index contributed by atoms with van der Waals surface area (Å²) in [5, 5.41) is 0. The summed E-state index contributed by atoms with van der Waals surface area (Å²) in [5.74, 6) is -0.632. The number of carbonyl (C=O) groups is 1. The fourth-order valence-corrected chi connectivity index (χ4v) is 2.21. The number of halogens is 6. The Labute approximate surface area is 143 Å². The lowest BCUT2D eigenvalue weighted by molar-refractivity contribution is -0.274. The van der Waals surface area contributed by atoms with Crippen LogP contribution in [-0.4, -0.2) is 31.2 Å². The molecular weight excluding hydrogens is 370 g/mol. The molecule has 1 aromatic carbocycles. The summed E-state index contributed by atoms with van der Waals surface area (Å²) < 4.78 is 89.9. The number of ether oxygens (including phenoxy) is 3. The molecule has 0 spiro atoms. The van der Waals surface area contributed by atoms with Crippen molar-refractivity contribution in [1.29, 1.82) is 0 Å². The quantitative estimate of drug-likeness (QED) is 0.454. The van der Waals surface area contributed by atoms with Gasteiger partial charge in [0.15, 0.2) is 0 Å². The van der Waals surface area contributed by atoms with Gasteiger partial charge in [-0.05, 0) is 25.1 Å². The molecule has 140 valence electrons. The van der Waals surface area contributed by atoms with Crippen LogP contribution in [0.5, 0.6) is 11.5 Å². The van der Waals surface area contributed by atoms with Gasteiger partial charge in [-0.15, -0.1) is 19.6 Å².